The van der Waals surface area contributed by atoms with Crippen LogP contribution in [0.2, 0.25) is 0 Å². The molecule has 0 aliphatic heterocycles. The quantitative estimate of drug-likeness (QED) is 0.168. The summed E-state index contributed by atoms with van der Waals surface area (Å²) in [5, 5.41) is 8.43. The first kappa shape index (κ1) is 36.1. The second-order valence-corrected chi connectivity index (χ2v) is 16.5. The van der Waals surface area contributed by atoms with Crippen LogP contribution in [0.25, 0.3) is 122 Å². The number of para-hydroxylation sites is 4. The number of benzene rings is 10. The number of hydrogen-bond donors (Lipinski definition) is 0. The second kappa shape index (κ2) is 14.5. The van der Waals surface area contributed by atoms with Crippen LogP contribution in [0.15, 0.2) is 231 Å². The van der Waals surface area contributed by atoms with Gasteiger partial charge in [-0.3, -0.25) is 0 Å². The summed E-state index contributed by atoms with van der Waals surface area (Å²) in [5.74, 6) is 0.697. The highest BCUT2D eigenvalue weighted by atomic mass is 15.0. The average molecular weight is 815 g/mol. The van der Waals surface area contributed by atoms with Crippen LogP contribution < -0.4 is 0 Å². The maximum atomic E-state index is 5.35. The lowest BCUT2D eigenvalue weighted by molar-refractivity contribution is 1.18. The molecule has 0 saturated heterocycles. The Morgan fingerprint density at radius 2 is 0.875 bits per heavy atom. The van der Waals surface area contributed by atoms with Gasteiger partial charge in [0.1, 0.15) is 0 Å². The summed E-state index contributed by atoms with van der Waals surface area (Å²) in [6.45, 7) is 0. The fraction of sp³-hybridized carbons (Fsp3) is 0. The predicted molar refractivity (Wildman–Crippen MR) is 267 cm³/mol. The fourth-order valence-electron chi connectivity index (χ4n) is 9.95. The lowest BCUT2D eigenvalue weighted by Crippen LogP contribution is -1.97. The third-order valence-electron chi connectivity index (χ3n) is 12.9. The largest absolute Gasteiger partial charge is 0.309 e. The highest BCUT2D eigenvalue weighted by molar-refractivity contribution is 6.21. The minimum atomic E-state index is 0.697. The Labute approximate surface area is 369 Å². The van der Waals surface area contributed by atoms with E-state index in [4.69, 9.17) is 9.97 Å². The Morgan fingerprint density at radius 1 is 0.297 bits per heavy atom. The molecule has 4 nitrogen and oxygen atoms in total. The van der Waals surface area contributed by atoms with E-state index in [0.29, 0.717) is 5.82 Å². The zero-order valence-electron chi connectivity index (χ0n) is 34.7. The van der Waals surface area contributed by atoms with Crippen LogP contribution in [-0.4, -0.2) is 19.1 Å². The Hall–Kier alpha value is -8.60. The molecule has 10 aromatic carbocycles. The van der Waals surface area contributed by atoms with Crippen molar-refractivity contribution in [2.45, 2.75) is 0 Å². The van der Waals surface area contributed by atoms with Gasteiger partial charge in [-0.05, 0) is 70.6 Å². The molecule has 0 aliphatic carbocycles. The van der Waals surface area contributed by atoms with E-state index >= 15 is 0 Å². The predicted octanol–water partition coefficient (Wildman–Crippen LogP) is 15.6. The van der Waals surface area contributed by atoms with Crippen molar-refractivity contribution in [3.8, 4) is 56.3 Å². The van der Waals surface area contributed by atoms with Crippen molar-refractivity contribution >= 4 is 65.3 Å². The lowest BCUT2D eigenvalue weighted by atomic mass is 9.98. The van der Waals surface area contributed by atoms with Crippen LogP contribution in [0.3, 0.4) is 0 Å². The summed E-state index contributed by atoms with van der Waals surface area (Å²) in [4.78, 5) is 10.6. The Bertz CT molecular complexity index is 3920. The first-order valence-electron chi connectivity index (χ1n) is 21.8. The molecule has 0 spiro atoms. The van der Waals surface area contributed by atoms with Crippen molar-refractivity contribution in [3.05, 3.63) is 231 Å². The maximum absolute atomic E-state index is 5.35. The first-order chi connectivity index (χ1) is 31.7. The van der Waals surface area contributed by atoms with Gasteiger partial charge in [0, 0.05) is 60.4 Å². The van der Waals surface area contributed by atoms with Gasteiger partial charge in [-0.15, -0.1) is 0 Å². The van der Waals surface area contributed by atoms with Gasteiger partial charge in [0.05, 0.1) is 33.3 Å². The van der Waals surface area contributed by atoms with Crippen LogP contribution in [0.4, 0.5) is 0 Å². The van der Waals surface area contributed by atoms with Gasteiger partial charge in [-0.25, -0.2) is 9.97 Å². The van der Waals surface area contributed by atoms with Gasteiger partial charge in [0.2, 0.25) is 0 Å². The normalized spacial score (nSPS) is 11.8. The Morgan fingerprint density at radius 3 is 1.67 bits per heavy atom. The summed E-state index contributed by atoms with van der Waals surface area (Å²) in [7, 11) is 0. The molecule has 0 amide bonds. The molecule has 0 fully saturated rings. The van der Waals surface area contributed by atoms with Gasteiger partial charge in [-0.1, -0.05) is 182 Å². The van der Waals surface area contributed by atoms with Crippen LogP contribution >= 0.6 is 0 Å². The average Bonchev–Trinajstić information content (AvgIpc) is 3.90. The van der Waals surface area contributed by atoms with E-state index in [-0.39, 0.29) is 0 Å². The van der Waals surface area contributed by atoms with Crippen molar-refractivity contribution in [1.82, 2.24) is 19.1 Å². The Balaban J connectivity index is 0.941. The van der Waals surface area contributed by atoms with Crippen LogP contribution in [0, 0.1) is 0 Å². The SMILES string of the molecule is c1ccc(-c2nc(-c3ccc(-c4cccc5c6ccc7ccccc7c6n(-c6ccccc6)c45)cc3)nc3ccc(-c4ccc5c6ccccc6n(-c6ccccc6)c5c4)cc23)cc1. The molecule has 0 N–H and O–H groups in total. The number of rotatable bonds is 6. The molecule has 298 valence electrons. The third kappa shape index (κ3) is 5.70. The van der Waals surface area contributed by atoms with Gasteiger partial charge < -0.3 is 9.13 Å². The second-order valence-electron chi connectivity index (χ2n) is 16.5. The molecule has 13 rings (SSSR count). The van der Waals surface area contributed by atoms with Crippen molar-refractivity contribution in [2.24, 2.45) is 0 Å². The van der Waals surface area contributed by atoms with E-state index in [1.165, 1.54) is 59.9 Å². The minimum absolute atomic E-state index is 0.697. The summed E-state index contributed by atoms with van der Waals surface area (Å²) in [5.41, 5.74) is 15.5. The summed E-state index contributed by atoms with van der Waals surface area (Å²) in [6.07, 6.45) is 0. The third-order valence-corrected chi connectivity index (χ3v) is 12.9. The fourth-order valence-corrected chi connectivity index (χ4v) is 9.95. The molecule has 3 heterocycles. The zero-order valence-corrected chi connectivity index (χ0v) is 34.7. The highest BCUT2D eigenvalue weighted by Gasteiger charge is 2.20. The van der Waals surface area contributed by atoms with Crippen LogP contribution in [-0.2, 0) is 0 Å². The summed E-state index contributed by atoms with van der Waals surface area (Å²) >= 11 is 0. The molecular formula is C60H38N4. The molecule has 0 atom stereocenters. The lowest BCUT2D eigenvalue weighted by Gasteiger charge is -2.14. The monoisotopic (exact) mass is 814 g/mol. The van der Waals surface area contributed by atoms with Crippen molar-refractivity contribution in [2.75, 3.05) is 0 Å². The standard InChI is InChI=1S/C60H38N4/c1-4-16-41(17-5-1)57-53-37-43(44-32-34-50-49-23-12-13-26-55(49)63(56(50)38-44)45-18-6-2-7-19-45)33-36-54(53)61-60(62-57)42-29-27-40(28-30-42)48-24-14-25-51-52-35-31-39-15-10-11-22-47(39)59(52)64(58(48)51)46-20-8-3-9-21-46/h1-38H. The van der Waals surface area contributed by atoms with Gasteiger partial charge in [0.25, 0.3) is 0 Å². The number of aromatic nitrogens is 4. The molecule has 0 unspecified atom stereocenters. The highest BCUT2D eigenvalue weighted by Crippen LogP contribution is 2.42. The summed E-state index contributed by atoms with van der Waals surface area (Å²) in [6, 6.07) is 82.6. The van der Waals surface area contributed by atoms with E-state index in [2.05, 4.69) is 240 Å². The van der Waals surface area contributed by atoms with E-state index in [9.17, 15) is 0 Å². The van der Waals surface area contributed by atoms with E-state index in [1.54, 1.807) is 0 Å². The maximum Gasteiger partial charge on any atom is 0.160 e. The molecular weight excluding hydrogens is 777 g/mol. The zero-order chi connectivity index (χ0) is 42.1. The summed E-state index contributed by atoms with van der Waals surface area (Å²) < 4.78 is 4.82. The number of fused-ring (bicyclic) bond motifs is 9. The van der Waals surface area contributed by atoms with Crippen LogP contribution in [0.1, 0.15) is 0 Å². The van der Waals surface area contributed by atoms with Crippen molar-refractivity contribution in [3.63, 3.8) is 0 Å². The van der Waals surface area contributed by atoms with Gasteiger partial charge in [-0.2, -0.15) is 0 Å². The minimum Gasteiger partial charge on any atom is -0.309 e. The van der Waals surface area contributed by atoms with Crippen molar-refractivity contribution < 1.29 is 0 Å². The van der Waals surface area contributed by atoms with Gasteiger partial charge >= 0.3 is 0 Å². The first-order valence-corrected chi connectivity index (χ1v) is 21.8. The molecule has 0 radical (unpaired) electrons. The molecule has 4 heteroatoms. The molecule has 3 aromatic heterocycles. The molecule has 0 saturated carbocycles. The topological polar surface area (TPSA) is 35.6 Å². The molecule has 0 aliphatic rings. The van der Waals surface area contributed by atoms with E-state index < -0.39 is 0 Å². The molecule has 0 bridgehead atoms. The smallest absolute Gasteiger partial charge is 0.160 e. The Kier molecular flexibility index (Phi) is 8.18. The van der Waals surface area contributed by atoms with Crippen molar-refractivity contribution in [1.29, 1.82) is 0 Å². The van der Waals surface area contributed by atoms with Gasteiger partial charge in [0.15, 0.2) is 5.82 Å². The van der Waals surface area contributed by atoms with E-state index in [1.807, 2.05) is 0 Å². The van der Waals surface area contributed by atoms with E-state index in [0.717, 1.165) is 55.8 Å². The number of nitrogens with zero attached hydrogens (tertiary/aromatic N) is 4. The van der Waals surface area contributed by atoms with Crippen LogP contribution in [0.5, 0.6) is 0 Å². The molecule has 13 aromatic rings. The molecule has 64 heavy (non-hydrogen) atoms. The number of hydrogen-bond acceptors (Lipinski definition) is 2.